The zero-order valence-corrected chi connectivity index (χ0v) is 13.7. The van der Waals surface area contributed by atoms with Gasteiger partial charge in [-0.05, 0) is 53.7 Å². The summed E-state index contributed by atoms with van der Waals surface area (Å²) in [5.41, 5.74) is 0. The Balaban J connectivity index is 4.40. The lowest BCUT2D eigenvalue weighted by molar-refractivity contribution is -0.920. The Morgan fingerprint density at radius 1 is 0.500 bits per heavy atom. The highest BCUT2D eigenvalue weighted by atomic mass is 15.3. The zero-order valence-electron chi connectivity index (χ0n) is 13.7. The lowest BCUT2D eigenvalue weighted by Gasteiger charge is -2.36. The van der Waals surface area contributed by atoms with Crippen LogP contribution >= 0.6 is 0 Å². The molecule has 0 rings (SSSR count). The molecule has 0 atom stereocenters. The fourth-order valence-corrected chi connectivity index (χ4v) is 2.71. The quantitative estimate of drug-likeness (QED) is 0.416. The van der Waals surface area contributed by atoms with Crippen LogP contribution in [0.4, 0.5) is 0 Å². The Hall–Kier alpha value is -0.340. The number of rotatable bonds is 10. The first-order valence-electron chi connectivity index (χ1n) is 7.92. The molecule has 0 saturated heterocycles. The molecule has 0 aromatic heterocycles. The standard InChI is InChI=1S/C16H36N2/c1-7-17(8-2,9-3)15-13-14-16-18(10-4,11-5)12-6/h13-14H,7-12,15-16H2,1-6H3/q+2. The van der Waals surface area contributed by atoms with E-state index in [-0.39, 0.29) is 0 Å². The summed E-state index contributed by atoms with van der Waals surface area (Å²) < 4.78 is 2.45. The molecule has 108 valence electrons. The van der Waals surface area contributed by atoms with Crippen LogP contribution in [0.25, 0.3) is 0 Å². The molecule has 0 N–H and O–H groups in total. The molecule has 0 aliphatic carbocycles. The van der Waals surface area contributed by atoms with Crippen LogP contribution in [-0.4, -0.2) is 61.3 Å². The summed E-state index contributed by atoms with van der Waals surface area (Å²) in [6, 6.07) is 0. The van der Waals surface area contributed by atoms with Gasteiger partial charge < -0.3 is 8.97 Å². The minimum Gasteiger partial charge on any atom is -0.321 e. The maximum Gasteiger partial charge on any atom is 0.0975 e. The largest absolute Gasteiger partial charge is 0.321 e. The van der Waals surface area contributed by atoms with Crippen molar-refractivity contribution >= 4 is 0 Å². The minimum absolute atomic E-state index is 1.20. The highest BCUT2D eigenvalue weighted by Gasteiger charge is 2.20. The van der Waals surface area contributed by atoms with E-state index in [4.69, 9.17) is 0 Å². The minimum atomic E-state index is 1.20. The Kier molecular flexibility index (Phi) is 8.54. The van der Waals surface area contributed by atoms with Crippen LogP contribution in [0.5, 0.6) is 0 Å². The van der Waals surface area contributed by atoms with E-state index >= 15 is 0 Å². The topological polar surface area (TPSA) is 0 Å². The second kappa shape index (κ2) is 8.71. The first-order valence-corrected chi connectivity index (χ1v) is 7.92. The molecule has 2 heteroatoms. The molecule has 2 nitrogen and oxygen atoms in total. The molecule has 0 bridgehead atoms. The van der Waals surface area contributed by atoms with Gasteiger partial charge in [0.25, 0.3) is 0 Å². The molecule has 0 aromatic carbocycles. The van der Waals surface area contributed by atoms with E-state index in [1.54, 1.807) is 0 Å². The van der Waals surface area contributed by atoms with E-state index in [0.717, 1.165) is 0 Å². The zero-order chi connectivity index (χ0) is 14.1. The SMILES string of the molecule is CC[N+](CC)(CC)CC=CC[N+](CC)(CC)CC. The van der Waals surface area contributed by atoms with Gasteiger partial charge in [-0.1, -0.05) is 0 Å². The lowest BCUT2D eigenvalue weighted by Crippen LogP contribution is -2.48. The second-order valence-electron chi connectivity index (χ2n) is 5.42. The van der Waals surface area contributed by atoms with Crippen molar-refractivity contribution in [2.75, 3.05) is 52.4 Å². The molecule has 0 heterocycles. The molecule has 0 radical (unpaired) electrons. The van der Waals surface area contributed by atoms with Gasteiger partial charge in [-0.3, -0.25) is 0 Å². The summed E-state index contributed by atoms with van der Waals surface area (Å²) >= 11 is 0. The van der Waals surface area contributed by atoms with Crippen LogP contribution in [0.1, 0.15) is 41.5 Å². The molecule has 18 heavy (non-hydrogen) atoms. The van der Waals surface area contributed by atoms with Crippen LogP contribution in [0.3, 0.4) is 0 Å². The highest BCUT2D eigenvalue weighted by Crippen LogP contribution is 2.08. The molecule has 0 spiro atoms. The van der Waals surface area contributed by atoms with Gasteiger partial charge in [0.2, 0.25) is 0 Å². The maximum atomic E-state index is 2.42. The van der Waals surface area contributed by atoms with Gasteiger partial charge in [0.05, 0.1) is 52.4 Å². The molecule has 0 unspecified atom stereocenters. The monoisotopic (exact) mass is 256 g/mol. The summed E-state index contributed by atoms with van der Waals surface area (Å²) in [4.78, 5) is 0. The van der Waals surface area contributed by atoms with Crippen molar-refractivity contribution in [3.63, 3.8) is 0 Å². The third-order valence-electron chi connectivity index (χ3n) is 5.18. The summed E-state index contributed by atoms with van der Waals surface area (Å²) in [7, 11) is 0. The average Bonchev–Trinajstić information content (AvgIpc) is 2.45. The molecule has 0 saturated carbocycles. The number of likely N-dealkylation sites (N-methyl/N-ethyl adjacent to an activating group) is 2. The van der Waals surface area contributed by atoms with Crippen LogP contribution in [0.15, 0.2) is 12.2 Å². The first kappa shape index (κ1) is 17.7. The van der Waals surface area contributed by atoms with E-state index in [1.807, 2.05) is 0 Å². The number of hydrogen-bond acceptors (Lipinski definition) is 0. The van der Waals surface area contributed by atoms with Crippen molar-refractivity contribution < 1.29 is 8.97 Å². The number of nitrogens with zero attached hydrogens (tertiary/aromatic N) is 2. The highest BCUT2D eigenvalue weighted by molar-refractivity contribution is 4.82. The van der Waals surface area contributed by atoms with E-state index in [2.05, 4.69) is 53.7 Å². The molecule has 0 aliphatic rings. The molecular formula is C16H36N2+2. The van der Waals surface area contributed by atoms with Crippen molar-refractivity contribution in [1.29, 1.82) is 0 Å². The number of quaternary nitrogens is 2. The summed E-state index contributed by atoms with van der Waals surface area (Å²) in [6.07, 6.45) is 4.84. The van der Waals surface area contributed by atoms with E-state index < -0.39 is 0 Å². The Morgan fingerprint density at radius 2 is 0.722 bits per heavy atom. The second-order valence-corrected chi connectivity index (χ2v) is 5.42. The third-order valence-corrected chi connectivity index (χ3v) is 5.18. The fraction of sp³-hybridized carbons (Fsp3) is 0.875. The van der Waals surface area contributed by atoms with Gasteiger partial charge >= 0.3 is 0 Å². The van der Waals surface area contributed by atoms with E-state index in [9.17, 15) is 0 Å². The Labute approximate surface area is 115 Å². The summed E-state index contributed by atoms with van der Waals surface area (Å²) in [5, 5.41) is 0. The predicted molar refractivity (Wildman–Crippen MR) is 82.6 cm³/mol. The number of hydrogen-bond donors (Lipinski definition) is 0. The molecular weight excluding hydrogens is 220 g/mol. The summed E-state index contributed by atoms with van der Waals surface area (Å²) in [5.74, 6) is 0. The molecule has 0 fully saturated rings. The van der Waals surface area contributed by atoms with Gasteiger partial charge in [-0.25, -0.2) is 0 Å². The smallest absolute Gasteiger partial charge is 0.0975 e. The van der Waals surface area contributed by atoms with Gasteiger partial charge in [0.15, 0.2) is 0 Å². The van der Waals surface area contributed by atoms with Gasteiger partial charge in [-0.15, -0.1) is 0 Å². The molecule has 0 aromatic rings. The van der Waals surface area contributed by atoms with Gasteiger partial charge in [0.1, 0.15) is 0 Å². The average molecular weight is 256 g/mol. The maximum absolute atomic E-state index is 2.42. The van der Waals surface area contributed by atoms with E-state index in [1.165, 1.54) is 61.3 Å². The van der Waals surface area contributed by atoms with Crippen LogP contribution in [0, 0.1) is 0 Å². The summed E-state index contributed by atoms with van der Waals surface area (Å²) in [6.45, 7) is 23.7. The van der Waals surface area contributed by atoms with Crippen molar-refractivity contribution in [3.8, 4) is 0 Å². The normalized spacial score (nSPS) is 13.4. The van der Waals surface area contributed by atoms with Crippen LogP contribution in [0.2, 0.25) is 0 Å². The Morgan fingerprint density at radius 3 is 0.889 bits per heavy atom. The lowest BCUT2D eigenvalue weighted by atomic mass is 10.3. The van der Waals surface area contributed by atoms with Crippen molar-refractivity contribution in [2.45, 2.75) is 41.5 Å². The third kappa shape index (κ3) is 4.74. The van der Waals surface area contributed by atoms with Gasteiger partial charge in [-0.2, -0.15) is 0 Å². The van der Waals surface area contributed by atoms with Gasteiger partial charge in [0, 0.05) is 0 Å². The van der Waals surface area contributed by atoms with Crippen LogP contribution < -0.4 is 0 Å². The van der Waals surface area contributed by atoms with Crippen molar-refractivity contribution in [3.05, 3.63) is 12.2 Å². The van der Waals surface area contributed by atoms with Crippen molar-refractivity contribution in [1.82, 2.24) is 0 Å². The van der Waals surface area contributed by atoms with Crippen molar-refractivity contribution in [2.24, 2.45) is 0 Å². The van der Waals surface area contributed by atoms with Crippen LogP contribution in [-0.2, 0) is 0 Å². The molecule has 0 amide bonds. The Bertz CT molecular complexity index is 185. The fourth-order valence-electron chi connectivity index (χ4n) is 2.71. The predicted octanol–water partition coefficient (Wildman–Crippen LogP) is 3.30. The molecule has 0 aliphatic heterocycles. The first-order chi connectivity index (χ1) is 8.57. The van der Waals surface area contributed by atoms with E-state index in [0.29, 0.717) is 0 Å².